The molecule has 0 atom stereocenters. The predicted molar refractivity (Wildman–Crippen MR) is 79.2 cm³/mol. The summed E-state index contributed by atoms with van der Waals surface area (Å²) in [5.74, 6) is 0. The molecular formula is C14H15BrN2S. The van der Waals surface area contributed by atoms with Gasteiger partial charge in [-0.15, -0.1) is 11.3 Å². The molecule has 1 fully saturated rings. The Balaban J connectivity index is 1.90. The molecule has 1 aliphatic rings. The van der Waals surface area contributed by atoms with Crippen LogP contribution >= 0.6 is 27.3 Å². The number of thiazole rings is 1. The Morgan fingerprint density at radius 3 is 2.83 bits per heavy atom. The van der Waals surface area contributed by atoms with E-state index in [9.17, 15) is 0 Å². The molecule has 0 saturated carbocycles. The van der Waals surface area contributed by atoms with E-state index in [1.807, 2.05) is 0 Å². The average molecular weight is 323 g/mol. The highest BCUT2D eigenvalue weighted by atomic mass is 79.9. The number of nitrogens with zero attached hydrogens (tertiary/aromatic N) is 1. The molecule has 1 aromatic carbocycles. The van der Waals surface area contributed by atoms with Gasteiger partial charge in [0.25, 0.3) is 0 Å². The first kappa shape index (κ1) is 12.3. The number of halogens is 1. The maximum Gasteiger partial charge on any atom is 0.0897 e. The Morgan fingerprint density at radius 1 is 1.44 bits per heavy atom. The van der Waals surface area contributed by atoms with Crippen molar-refractivity contribution in [2.45, 2.75) is 18.8 Å². The Labute approximate surface area is 120 Å². The molecule has 0 spiro atoms. The van der Waals surface area contributed by atoms with Crippen LogP contribution in [0.25, 0.3) is 0 Å². The van der Waals surface area contributed by atoms with E-state index in [4.69, 9.17) is 0 Å². The number of benzene rings is 1. The summed E-state index contributed by atoms with van der Waals surface area (Å²) >= 11 is 5.30. The van der Waals surface area contributed by atoms with Gasteiger partial charge in [-0.1, -0.05) is 28.1 Å². The number of hydrogen-bond acceptors (Lipinski definition) is 3. The van der Waals surface area contributed by atoms with Gasteiger partial charge in [0.2, 0.25) is 0 Å². The molecule has 1 aliphatic heterocycles. The number of aryl methyl sites for hydroxylation is 1. The van der Waals surface area contributed by atoms with Crippen LogP contribution in [0, 0.1) is 6.92 Å². The molecule has 1 aromatic heterocycles. The fourth-order valence-corrected chi connectivity index (χ4v) is 3.52. The summed E-state index contributed by atoms with van der Waals surface area (Å²) in [5.41, 5.74) is 2.85. The predicted octanol–water partition coefficient (Wildman–Crippen LogP) is 3.30. The SMILES string of the molecule is Cc1nc(CC2(c3cccc(Br)c3)CNC2)cs1. The van der Waals surface area contributed by atoms with Crippen LogP contribution < -0.4 is 5.32 Å². The van der Waals surface area contributed by atoms with Crippen LogP contribution in [0.1, 0.15) is 16.3 Å². The highest BCUT2D eigenvalue weighted by Gasteiger charge is 2.39. The number of rotatable bonds is 3. The highest BCUT2D eigenvalue weighted by Crippen LogP contribution is 2.34. The molecule has 4 heteroatoms. The molecule has 0 aliphatic carbocycles. The number of aromatic nitrogens is 1. The summed E-state index contributed by atoms with van der Waals surface area (Å²) in [6.45, 7) is 4.15. The number of nitrogens with one attached hydrogen (secondary N) is 1. The van der Waals surface area contributed by atoms with Crippen LogP contribution in [0.2, 0.25) is 0 Å². The van der Waals surface area contributed by atoms with Crippen molar-refractivity contribution in [1.82, 2.24) is 10.3 Å². The van der Waals surface area contributed by atoms with Crippen LogP contribution in [-0.2, 0) is 11.8 Å². The van der Waals surface area contributed by atoms with Crippen molar-refractivity contribution >= 4 is 27.3 Å². The van der Waals surface area contributed by atoms with Crippen molar-refractivity contribution in [3.05, 3.63) is 50.4 Å². The summed E-state index contributed by atoms with van der Waals surface area (Å²) in [5, 5.41) is 6.75. The van der Waals surface area contributed by atoms with Gasteiger partial charge < -0.3 is 5.32 Å². The monoisotopic (exact) mass is 322 g/mol. The zero-order chi connectivity index (χ0) is 12.6. The van der Waals surface area contributed by atoms with Gasteiger partial charge >= 0.3 is 0 Å². The van der Waals surface area contributed by atoms with Crippen molar-refractivity contribution < 1.29 is 0 Å². The Morgan fingerprint density at radius 2 is 2.28 bits per heavy atom. The molecule has 2 heterocycles. The van der Waals surface area contributed by atoms with Gasteiger partial charge in [0.1, 0.15) is 0 Å². The molecular weight excluding hydrogens is 308 g/mol. The quantitative estimate of drug-likeness (QED) is 0.937. The second-order valence-corrected chi connectivity index (χ2v) is 6.91. The molecule has 2 nitrogen and oxygen atoms in total. The molecule has 2 aromatic rings. The Kier molecular flexibility index (Phi) is 3.26. The van der Waals surface area contributed by atoms with E-state index in [0.717, 1.165) is 29.0 Å². The highest BCUT2D eigenvalue weighted by molar-refractivity contribution is 9.10. The Bertz CT molecular complexity index is 560. The van der Waals surface area contributed by atoms with Gasteiger partial charge in [-0.3, -0.25) is 0 Å². The van der Waals surface area contributed by atoms with Crippen molar-refractivity contribution in [2.75, 3.05) is 13.1 Å². The molecule has 1 N–H and O–H groups in total. The van der Waals surface area contributed by atoms with Gasteiger partial charge in [-0.2, -0.15) is 0 Å². The van der Waals surface area contributed by atoms with E-state index in [-0.39, 0.29) is 5.41 Å². The second kappa shape index (κ2) is 4.76. The first-order valence-corrected chi connectivity index (χ1v) is 7.73. The first-order chi connectivity index (χ1) is 8.68. The number of hydrogen-bond donors (Lipinski definition) is 1. The van der Waals surface area contributed by atoms with Gasteiger partial charge in [0.15, 0.2) is 0 Å². The first-order valence-electron chi connectivity index (χ1n) is 6.06. The van der Waals surface area contributed by atoms with Crippen LogP contribution in [0.4, 0.5) is 0 Å². The lowest BCUT2D eigenvalue weighted by atomic mass is 9.72. The lowest BCUT2D eigenvalue weighted by molar-refractivity contribution is 0.273. The minimum Gasteiger partial charge on any atom is -0.315 e. The molecule has 18 heavy (non-hydrogen) atoms. The average Bonchev–Trinajstić information content (AvgIpc) is 2.69. The molecule has 1 saturated heterocycles. The topological polar surface area (TPSA) is 24.9 Å². The maximum absolute atomic E-state index is 4.60. The summed E-state index contributed by atoms with van der Waals surface area (Å²) in [7, 11) is 0. The van der Waals surface area contributed by atoms with Gasteiger partial charge in [-0.25, -0.2) is 4.98 Å². The third-order valence-corrected chi connectivity index (χ3v) is 4.87. The van der Waals surface area contributed by atoms with Crippen LogP contribution in [0.3, 0.4) is 0 Å². The van der Waals surface area contributed by atoms with Crippen molar-refractivity contribution in [2.24, 2.45) is 0 Å². The van der Waals surface area contributed by atoms with E-state index in [2.05, 4.69) is 62.8 Å². The normalized spacial score (nSPS) is 17.4. The zero-order valence-corrected chi connectivity index (χ0v) is 12.6. The van der Waals surface area contributed by atoms with Crippen LogP contribution in [0.15, 0.2) is 34.1 Å². The minimum atomic E-state index is 0.226. The summed E-state index contributed by atoms with van der Waals surface area (Å²) in [6.07, 6.45) is 1.03. The lowest BCUT2D eigenvalue weighted by Gasteiger charge is -2.43. The standard InChI is InChI=1S/C14H15BrN2S/c1-10-17-13(7-18-10)6-14(8-16-9-14)11-3-2-4-12(15)5-11/h2-5,7,16H,6,8-9H2,1H3. The molecule has 0 unspecified atom stereocenters. The largest absolute Gasteiger partial charge is 0.315 e. The van der Waals surface area contributed by atoms with E-state index >= 15 is 0 Å². The van der Waals surface area contributed by atoms with Crippen LogP contribution in [-0.4, -0.2) is 18.1 Å². The van der Waals surface area contributed by atoms with E-state index in [1.54, 1.807) is 11.3 Å². The third-order valence-electron chi connectivity index (χ3n) is 3.55. The van der Waals surface area contributed by atoms with Gasteiger partial charge in [-0.05, 0) is 24.6 Å². The molecule has 94 valence electrons. The lowest BCUT2D eigenvalue weighted by Crippen LogP contribution is -2.58. The van der Waals surface area contributed by atoms with Gasteiger partial charge in [0.05, 0.1) is 10.7 Å². The summed E-state index contributed by atoms with van der Waals surface area (Å²) < 4.78 is 1.15. The van der Waals surface area contributed by atoms with E-state index in [1.165, 1.54) is 11.3 Å². The van der Waals surface area contributed by atoms with Gasteiger partial charge in [0, 0.05) is 34.8 Å². The molecule has 0 amide bonds. The minimum absolute atomic E-state index is 0.226. The van der Waals surface area contributed by atoms with Crippen molar-refractivity contribution in [3.8, 4) is 0 Å². The zero-order valence-electron chi connectivity index (χ0n) is 10.2. The van der Waals surface area contributed by atoms with Crippen molar-refractivity contribution in [3.63, 3.8) is 0 Å². The fourth-order valence-electron chi connectivity index (χ4n) is 2.51. The van der Waals surface area contributed by atoms with Crippen LogP contribution in [0.5, 0.6) is 0 Å². The van der Waals surface area contributed by atoms with E-state index in [0.29, 0.717) is 0 Å². The molecule has 0 bridgehead atoms. The summed E-state index contributed by atoms with van der Waals surface area (Å²) in [6, 6.07) is 8.66. The Hall–Kier alpha value is -0.710. The molecule has 0 radical (unpaired) electrons. The van der Waals surface area contributed by atoms with E-state index < -0.39 is 0 Å². The van der Waals surface area contributed by atoms with Crippen molar-refractivity contribution in [1.29, 1.82) is 0 Å². The summed E-state index contributed by atoms with van der Waals surface area (Å²) in [4.78, 5) is 4.60. The fraction of sp³-hybridized carbons (Fsp3) is 0.357. The smallest absolute Gasteiger partial charge is 0.0897 e. The molecule has 3 rings (SSSR count). The maximum atomic E-state index is 4.60. The second-order valence-electron chi connectivity index (χ2n) is 4.93. The third kappa shape index (κ3) is 2.25.